The number of carbonyl (C=O) groups is 1. The van der Waals surface area contributed by atoms with Gasteiger partial charge in [-0.15, -0.1) is 0 Å². The van der Waals surface area contributed by atoms with Crippen molar-refractivity contribution in [1.29, 1.82) is 0 Å². The molecule has 1 N–H and O–H groups in total. The van der Waals surface area contributed by atoms with Gasteiger partial charge in [-0.1, -0.05) is 58.3 Å². The molecule has 0 amide bonds. The van der Waals surface area contributed by atoms with Crippen molar-refractivity contribution in [3.63, 3.8) is 0 Å². The van der Waals surface area contributed by atoms with E-state index in [0.29, 0.717) is 6.42 Å². The summed E-state index contributed by atoms with van der Waals surface area (Å²) < 4.78 is 34.4. The average Bonchev–Trinajstić information content (AvgIpc) is 2.41. The molecule has 22 heavy (non-hydrogen) atoms. The Morgan fingerprint density at radius 3 is 1.95 bits per heavy atom. The summed E-state index contributed by atoms with van der Waals surface area (Å²) in [5.41, 5.74) is 0. The fraction of sp³-hybridized carbons (Fsp3) is 0.929. The second-order valence-corrected chi connectivity index (χ2v) is 6.31. The number of Topliss-reactive ketones (excluding diaryl/α,β-unsaturated/α-hetero) is 1. The SMILES string of the molecule is CCCCCCCCCCCC(=O)C(O)COS(=O)(=O)[O-].[Na+]. The van der Waals surface area contributed by atoms with Gasteiger partial charge in [-0.2, -0.15) is 0 Å². The minimum atomic E-state index is -4.86. The number of aliphatic hydroxyl groups is 1. The van der Waals surface area contributed by atoms with E-state index in [2.05, 4.69) is 11.1 Å². The van der Waals surface area contributed by atoms with E-state index in [0.717, 1.165) is 19.3 Å². The van der Waals surface area contributed by atoms with Crippen LogP contribution in [0.25, 0.3) is 0 Å². The summed E-state index contributed by atoms with van der Waals surface area (Å²) in [6.07, 6.45) is 8.69. The van der Waals surface area contributed by atoms with Crippen molar-refractivity contribution >= 4 is 16.2 Å². The topological polar surface area (TPSA) is 104 Å². The number of ketones is 1. The first-order valence-electron chi connectivity index (χ1n) is 7.68. The molecule has 0 aliphatic rings. The van der Waals surface area contributed by atoms with Crippen LogP contribution in [0.3, 0.4) is 0 Å². The maximum absolute atomic E-state index is 11.4. The minimum Gasteiger partial charge on any atom is -0.726 e. The van der Waals surface area contributed by atoms with Gasteiger partial charge in [-0.05, 0) is 6.42 Å². The molecule has 6 nitrogen and oxygen atoms in total. The smallest absolute Gasteiger partial charge is 0.726 e. The van der Waals surface area contributed by atoms with Crippen molar-refractivity contribution in [1.82, 2.24) is 0 Å². The molecule has 8 heteroatoms. The van der Waals surface area contributed by atoms with Crippen LogP contribution in [-0.4, -0.2) is 36.6 Å². The zero-order chi connectivity index (χ0) is 16.1. The van der Waals surface area contributed by atoms with Gasteiger partial charge in [0.15, 0.2) is 5.78 Å². The van der Waals surface area contributed by atoms with Crippen LogP contribution in [0.5, 0.6) is 0 Å². The molecular formula is C14H27NaO6S. The number of hydrogen-bond acceptors (Lipinski definition) is 6. The van der Waals surface area contributed by atoms with Gasteiger partial charge >= 0.3 is 29.6 Å². The Kier molecular flexibility index (Phi) is 16.9. The van der Waals surface area contributed by atoms with Crippen LogP contribution >= 0.6 is 0 Å². The molecule has 0 aromatic rings. The van der Waals surface area contributed by atoms with Crippen LogP contribution in [0.2, 0.25) is 0 Å². The molecule has 0 spiro atoms. The van der Waals surface area contributed by atoms with E-state index in [1.807, 2.05) is 0 Å². The van der Waals surface area contributed by atoms with Crippen molar-refractivity contribution in [3.05, 3.63) is 0 Å². The maximum atomic E-state index is 11.4. The molecule has 1 atom stereocenters. The Balaban J connectivity index is 0. The summed E-state index contributed by atoms with van der Waals surface area (Å²) in [4.78, 5) is 11.4. The van der Waals surface area contributed by atoms with E-state index in [1.165, 1.54) is 32.1 Å². The van der Waals surface area contributed by atoms with Gasteiger partial charge in [0.25, 0.3) is 0 Å². The number of aliphatic hydroxyl groups excluding tert-OH is 1. The number of unbranched alkanes of at least 4 members (excludes halogenated alkanes) is 8. The first-order chi connectivity index (χ1) is 9.87. The van der Waals surface area contributed by atoms with Gasteiger partial charge in [0.05, 0.1) is 6.61 Å². The summed E-state index contributed by atoms with van der Waals surface area (Å²) in [6, 6.07) is 0. The average molecular weight is 346 g/mol. The van der Waals surface area contributed by atoms with Crippen LogP contribution in [0.15, 0.2) is 0 Å². The Hall–Kier alpha value is 0.500. The summed E-state index contributed by atoms with van der Waals surface area (Å²) in [5, 5.41) is 9.33. The fourth-order valence-electron chi connectivity index (χ4n) is 2.02. The van der Waals surface area contributed by atoms with Gasteiger partial charge < -0.3 is 9.66 Å². The molecule has 0 bridgehead atoms. The molecule has 0 aliphatic heterocycles. The molecule has 0 fully saturated rings. The summed E-state index contributed by atoms with van der Waals surface area (Å²) in [7, 11) is -4.86. The Morgan fingerprint density at radius 1 is 1.05 bits per heavy atom. The van der Waals surface area contributed by atoms with Crippen LogP contribution in [0, 0.1) is 0 Å². The molecule has 0 rings (SSSR count). The van der Waals surface area contributed by atoms with E-state index in [4.69, 9.17) is 0 Å². The van der Waals surface area contributed by atoms with Crippen molar-refractivity contribution in [3.8, 4) is 0 Å². The van der Waals surface area contributed by atoms with Crippen molar-refractivity contribution < 1.29 is 56.6 Å². The third-order valence-corrected chi connectivity index (χ3v) is 3.69. The van der Waals surface area contributed by atoms with Gasteiger partial charge in [0, 0.05) is 6.42 Å². The molecule has 0 radical (unpaired) electrons. The predicted octanol–water partition coefficient (Wildman–Crippen LogP) is -0.682. The van der Waals surface area contributed by atoms with E-state index in [-0.39, 0.29) is 36.0 Å². The first-order valence-corrected chi connectivity index (χ1v) is 9.01. The van der Waals surface area contributed by atoms with E-state index >= 15 is 0 Å². The molecule has 1 unspecified atom stereocenters. The maximum Gasteiger partial charge on any atom is 1.00 e. The van der Waals surface area contributed by atoms with Crippen LogP contribution in [-0.2, 0) is 19.4 Å². The van der Waals surface area contributed by atoms with Crippen molar-refractivity contribution in [2.24, 2.45) is 0 Å². The summed E-state index contributed by atoms with van der Waals surface area (Å²) in [6.45, 7) is 1.39. The molecule has 0 heterocycles. The zero-order valence-electron chi connectivity index (χ0n) is 13.8. The molecule has 0 saturated heterocycles. The predicted molar refractivity (Wildman–Crippen MR) is 78.5 cm³/mol. The second-order valence-electron chi connectivity index (χ2n) is 5.25. The molecule has 0 saturated carbocycles. The van der Waals surface area contributed by atoms with Crippen molar-refractivity contribution in [2.75, 3.05) is 6.61 Å². The zero-order valence-corrected chi connectivity index (χ0v) is 16.6. The number of rotatable bonds is 14. The number of carbonyl (C=O) groups excluding carboxylic acids is 1. The standard InChI is InChI=1S/C14H28O6S.Na/c1-2-3-4-5-6-7-8-9-10-11-13(15)14(16)12-20-21(17,18)19;/h14,16H,2-12H2,1H3,(H,17,18,19);/q;+1/p-1. The third-order valence-electron chi connectivity index (χ3n) is 3.27. The van der Waals surface area contributed by atoms with Gasteiger partial charge in [0.2, 0.25) is 10.4 Å². The molecular weight excluding hydrogens is 319 g/mol. The molecule has 126 valence electrons. The third kappa shape index (κ3) is 16.9. The van der Waals surface area contributed by atoms with Gasteiger partial charge in [-0.25, -0.2) is 8.42 Å². The summed E-state index contributed by atoms with van der Waals surface area (Å²) in [5.74, 6) is -0.485. The van der Waals surface area contributed by atoms with Crippen molar-refractivity contribution in [2.45, 2.75) is 77.2 Å². The Bertz CT molecular complexity index is 372. The molecule has 0 aromatic carbocycles. The minimum absolute atomic E-state index is 0. The van der Waals surface area contributed by atoms with Crippen LogP contribution < -0.4 is 29.6 Å². The van der Waals surface area contributed by atoms with Gasteiger partial charge in [-0.3, -0.25) is 8.98 Å². The first kappa shape index (κ1) is 24.7. The Morgan fingerprint density at radius 2 is 1.50 bits per heavy atom. The van der Waals surface area contributed by atoms with E-state index in [9.17, 15) is 22.9 Å². The van der Waals surface area contributed by atoms with Crippen LogP contribution in [0.1, 0.15) is 71.1 Å². The van der Waals surface area contributed by atoms with Gasteiger partial charge in [0.1, 0.15) is 6.10 Å². The quantitative estimate of drug-likeness (QED) is 0.193. The monoisotopic (exact) mass is 346 g/mol. The number of hydrogen-bond donors (Lipinski definition) is 1. The molecule has 0 aliphatic carbocycles. The second kappa shape index (κ2) is 15.1. The van der Waals surface area contributed by atoms with Crippen LogP contribution in [0.4, 0.5) is 0 Å². The Labute approximate surface area is 156 Å². The molecule has 0 aromatic heterocycles. The van der Waals surface area contributed by atoms with E-state index < -0.39 is 28.9 Å². The summed E-state index contributed by atoms with van der Waals surface area (Å²) >= 11 is 0. The largest absolute Gasteiger partial charge is 1.00 e. The normalized spacial score (nSPS) is 12.7. The fourth-order valence-corrected chi connectivity index (χ4v) is 2.31. The van der Waals surface area contributed by atoms with E-state index in [1.54, 1.807) is 0 Å².